The Labute approximate surface area is 75.8 Å². The molecule has 0 atom stereocenters. The van der Waals surface area contributed by atoms with Crippen molar-refractivity contribution in [3.63, 3.8) is 0 Å². The summed E-state index contributed by atoms with van der Waals surface area (Å²) in [6, 6.07) is 2.69. The molecule has 0 spiro atoms. The van der Waals surface area contributed by atoms with E-state index in [1.165, 1.54) is 19.3 Å². The third-order valence-corrected chi connectivity index (χ3v) is 2.10. The molecule has 0 aliphatic rings. The SMILES string of the molecule is CCN=C=NCCC(CC)CC. The van der Waals surface area contributed by atoms with Crippen molar-refractivity contribution in [2.45, 2.75) is 40.0 Å². The van der Waals surface area contributed by atoms with Crippen LogP contribution < -0.4 is 0 Å². The van der Waals surface area contributed by atoms with Crippen molar-refractivity contribution in [1.29, 1.82) is 0 Å². The molecule has 0 aliphatic heterocycles. The summed E-state index contributed by atoms with van der Waals surface area (Å²) in [6.45, 7) is 8.13. The molecule has 0 amide bonds. The molecule has 0 fully saturated rings. The van der Waals surface area contributed by atoms with E-state index in [9.17, 15) is 0 Å². The second-order valence-electron chi connectivity index (χ2n) is 2.93. The predicted molar refractivity (Wildman–Crippen MR) is 54.0 cm³/mol. The summed E-state index contributed by atoms with van der Waals surface area (Å²) in [5, 5.41) is 0. The van der Waals surface area contributed by atoms with Crippen LogP contribution in [0.3, 0.4) is 0 Å². The highest BCUT2D eigenvalue weighted by molar-refractivity contribution is 5.40. The Balaban J connectivity index is 3.46. The first-order valence-corrected chi connectivity index (χ1v) is 4.93. The fraction of sp³-hybridized carbons (Fsp3) is 0.900. The third kappa shape index (κ3) is 6.11. The first-order valence-electron chi connectivity index (χ1n) is 4.93. The van der Waals surface area contributed by atoms with Crippen molar-refractivity contribution in [3.05, 3.63) is 0 Å². The zero-order valence-corrected chi connectivity index (χ0v) is 8.51. The summed E-state index contributed by atoms with van der Waals surface area (Å²) in [6.07, 6.45) is 3.70. The molecule has 0 radical (unpaired) electrons. The van der Waals surface area contributed by atoms with Crippen LogP contribution in [-0.2, 0) is 0 Å². The first kappa shape index (κ1) is 11.4. The quantitative estimate of drug-likeness (QED) is 0.545. The van der Waals surface area contributed by atoms with Gasteiger partial charge in [-0.1, -0.05) is 26.7 Å². The van der Waals surface area contributed by atoms with Gasteiger partial charge in [-0.2, -0.15) is 0 Å². The Morgan fingerprint density at radius 2 is 1.75 bits per heavy atom. The fourth-order valence-electron chi connectivity index (χ4n) is 1.11. The predicted octanol–water partition coefficient (Wildman–Crippen LogP) is 3.01. The summed E-state index contributed by atoms with van der Waals surface area (Å²) in [5.41, 5.74) is 0. The highest BCUT2D eigenvalue weighted by atomic mass is 14.8. The van der Waals surface area contributed by atoms with Crippen LogP contribution in [0.1, 0.15) is 40.0 Å². The molecule has 0 aliphatic carbocycles. The van der Waals surface area contributed by atoms with Crippen molar-refractivity contribution in [2.24, 2.45) is 15.9 Å². The number of nitrogens with zero attached hydrogens (tertiary/aromatic N) is 2. The van der Waals surface area contributed by atoms with Crippen LogP contribution in [0, 0.1) is 5.92 Å². The van der Waals surface area contributed by atoms with Crippen molar-refractivity contribution in [3.8, 4) is 0 Å². The van der Waals surface area contributed by atoms with Gasteiger partial charge < -0.3 is 0 Å². The van der Waals surface area contributed by atoms with Gasteiger partial charge >= 0.3 is 0 Å². The molecule has 0 N–H and O–H groups in total. The van der Waals surface area contributed by atoms with Gasteiger partial charge in [0.1, 0.15) is 0 Å². The van der Waals surface area contributed by atoms with E-state index in [1.807, 2.05) is 6.92 Å². The molecule has 0 aromatic carbocycles. The van der Waals surface area contributed by atoms with Crippen LogP contribution >= 0.6 is 0 Å². The van der Waals surface area contributed by atoms with Crippen LogP contribution in [0.25, 0.3) is 0 Å². The maximum Gasteiger partial charge on any atom is 0.0892 e. The van der Waals surface area contributed by atoms with Crippen LogP contribution in [0.15, 0.2) is 9.98 Å². The van der Waals surface area contributed by atoms with Gasteiger partial charge in [0.15, 0.2) is 0 Å². The van der Waals surface area contributed by atoms with Gasteiger partial charge in [0, 0.05) is 6.54 Å². The molecule has 0 aromatic rings. The molecule has 0 aromatic heterocycles. The minimum Gasteiger partial charge on any atom is -0.226 e. The Morgan fingerprint density at radius 3 is 2.25 bits per heavy atom. The molecule has 0 saturated carbocycles. The van der Waals surface area contributed by atoms with Crippen molar-refractivity contribution in [1.82, 2.24) is 0 Å². The largest absolute Gasteiger partial charge is 0.226 e. The highest BCUT2D eigenvalue weighted by Gasteiger charge is 2.00. The Bertz CT molecular complexity index is 142. The molecule has 70 valence electrons. The lowest BCUT2D eigenvalue weighted by Crippen LogP contribution is -1.98. The van der Waals surface area contributed by atoms with Gasteiger partial charge in [0.05, 0.1) is 12.6 Å². The van der Waals surface area contributed by atoms with E-state index in [2.05, 4.69) is 29.8 Å². The Morgan fingerprint density at radius 1 is 1.08 bits per heavy atom. The summed E-state index contributed by atoms with van der Waals surface area (Å²) >= 11 is 0. The zero-order chi connectivity index (χ0) is 9.23. The van der Waals surface area contributed by atoms with E-state index < -0.39 is 0 Å². The number of hydrogen-bond acceptors (Lipinski definition) is 2. The maximum atomic E-state index is 4.08. The summed E-state index contributed by atoms with van der Waals surface area (Å²) < 4.78 is 0. The van der Waals surface area contributed by atoms with E-state index in [0.29, 0.717) is 0 Å². The monoisotopic (exact) mass is 168 g/mol. The molecule has 12 heavy (non-hydrogen) atoms. The number of aliphatic imine (C=N–C) groups is 2. The van der Waals surface area contributed by atoms with E-state index in [-0.39, 0.29) is 0 Å². The summed E-state index contributed by atoms with van der Waals surface area (Å²) in [5.74, 6) is 0.831. The number of hydrogen-bond donors (Lipinski definition) is 0. The normalized spacial score (nSPS) is 9.67. The highest BCUT2D eigenvalue weighted by Crippen LogP contribution is 2.11. The van der Waals surface area contributed by atoms with Gasteiger partial charge in [-0.25, -0.2) is 9.98 Å². The standard InChI is InChI=1S/C10H20N2/c1-4-10(5-2)7-8-12-9-11-6-3/h10H,4-8H2,1-3H3. The lowest BCUT2D eigenvalue weighted by Gasteiger charge is -2.08. The molecule has 0 bridgehead atoms. The van der Waals surface area contributed by atoms with Crippen LogP contribution in [0.4, 0.5) is 0 Å². The Hall–Kier alpha value is -0.620. The second kappa shape index (κ2) is 8.48. The van der Waals surface area contributed by atoms with Crippen LogP contribution in [0.2, 0.25) is 0 Å². The molecular weight excluding hydrogens is 148 g/mol. The smallest absolute Gasteiger partial charge is 0.0892 e. The topological polar surface area (TPSA) is 24.7 Å². The molecule has 2 heteroatoms. The van der Waals surface area contributed by atoms with E-state index in [0.717, 1.165) is 19.0 Å². The first-order chi connectivity index (χ1) is 5.85. The number of rotatable bonds is 6. The molecular formula is C10H20N2. The van der Waals surface area contributed by atoms with E-state index in [1.54, 1.807) is 0 Å². The van der Waals surface area contributed by atoms with E-state index in [4.69, 9.17) is 0 Å². The average Bonchev–Trinajstić information content (AvgIpc) is 2.11. The second-order valence-corrected chi connectivity index (χ2v) is 2.93. The molecule has 0 heterocycles. The summed E-state index contributed by atoms with van der Waals surface area (Å²) in [7, 11) is 0. The van der Waals surface area contributed by atoms with Gasteiger partial charge in [-0.3, -0.25) is 0 Å². The molecule has 0 rings (SSSR count). The summed E-state index contributed by atoms with van der Waals surface area (Å²) in [4.78, 5) is 7.98. The fourth-order valence-corrected chi connectivity index (χ4v) is 1.11. The van der Waals surface area contributed by atoms with Crippen LogP contribution in [0.5, 0.6) is 0 Å². The molecule has 0 unspecified atom stereocenters. The molecule has 0 saturated heterocycles. The van der Waals surface area contributed by atoms with Crippen molar-refractivity contribution < 1.29 is 0 Å². The van der Waals surface area contributed by atoms with Crippen LogP contribution in [-0.4, -0.2) is 19.1 Å². The van der Waals surface area contributed by atoms with E-state index >= 15 is 0 Å². The van der Waals surface area contributed by atoms with Crippen molar-refractivity contribution >= 4 is 6.01 Å². The Kier molecular flexibility index (Phi) is 8.04. The van der Waals surface area contributed by atoms with Gasteiger partial charge in [0.25, 0.3) is 0 Å². The minimum atomic E-state index is 0.786. The van der Waals surface area contributed by atoms with Gasteiger partial charge in [0.2, 0.25) is 0 Å². The maximum absolute atomic E-state index is 4.08. The van der Waals surface area contributed by atoms with Gasteiger partial charge in [-0.05, 0) is 19.3 Å². The zero-order valence-electron chi connectivity index (χ0n) is 8.51. The third-order valence-electron chi connectivity index (χ3n) is 2.10. The lowest BCUT2D eigenvalue weighted by atomic mass is 10.00. The average molecular weight is 168 g/mol. The molecule has 2 nitrogen and oxygen atoms in total. The lowest BCUT2D eigenvalue weighted by molar-refractivity contribution is 0.463. The van der Waals surface area contributed by atoms with Crippen molar-refractivity contribution in [2.75, 3.05) is 13.1 Å². The van der Waals surface area contributed by atoms with Gasteiger partial charge in [-0.15, -0.1) is 0 Å². The minimum absolute atomic E-state index is 0.786.